The van der Waals surface area contributed by atoms with E-state index >= 15 is 0 Å². The van der Waals surface area contributed by atoms with E-state index in [1.54, 1.807) is 31.4 Å². The van der Waals surface area contributed by atoms with E-state index in [0.717, 1.165) is 51.4 Å². The van der Waals surface area contributed by atoms with Gasteiger partial charge in [0.1, 0.15) is 5.75 Å². The minimum absolute atomic E-state index is 0.0243. The molecule has 0 unspecified atom stereocenters. The second kappa shape index (κ2) is 10.8. The molecule has 3 rings (SSSR count). The summed E-state index contributed by atoms with van der Waals surface area (Å²) < 4.78 is 5.20. The number of amides is 2. The number of nitrogens with one attached hydrogen (secondary N) is 1. The standard InChI is InChI=1S/C23H30N4O3/c1-30-21-8-2-18(3-9-21)10-12-26-14-16-27(17-15-26)13-11-22(28)25-20-6-4-19(5-7-20)23(24)29/h2-9H,10-17H2,1H3,(H2,24,29)(H,25,28). The topological polar surface area (TPSA) is 87.9 Å². The molecule has 3 N–H and O–H groups in total. The van der Waals surface area contributed by atoms with Crippen LogP contribution in [-0.2, 0) is 11.2 Å². The van der Waals surface area contributed by atoms with E-state index in [4.69, 9.17) is 10.5 Å². The quantitative estimate of drug-likeness (QED) is 0.660. The lowest BCUT2D eigenvalue weighted by atomic mass is 10.1. The summed E-state index contributed by atoms with van der Waals surface area (Å²) in [4.78, 5) is 28.1. The van der Waals surface area contributed by atoms with Gasteiger partial charge in [-0.2, -0.15) is 0 Å². The molecule has 1 aliphatic rings. The molecule has 1 heterocycles. The van der Waals surface area contributed by atoms with Crippen molar-refractivity contribution in [3.05, 3.63) is 59.7 Å². The number of nitrogens with zero attached hydrogens (tertiary/aromatic N) is 2. The molecule has 2 amide bonds. The number of anilines is 1. The summed E-state index contributed by atoms with van der Waals surface area (Å²) in [5.41, 5.74) is 7.65. The Bertz CT molecular complexity index is 829. The number of carbonyl (C=O) groups excluding carboxylic acids is 2. The number of benzene rings is 2. The van der Waals surface area contributed by atoms with Crippen molar-refractivity contribution >= 4 is 17.5 Å². The average molecular weight is 411 g/mol. The van der Waals surface area contributed by atoms with Gasteiger partial charge in [0.25, 0.3) is 0 Å². The first-order chi connectivity index (χ1) is 14.5. The predicted molar refractivity (Wildman–Crippen MR) is 118 cm³/mol. The molecule has 1 saturated heterocycles. The van der Waals surface area contributed by atoms with Crippen LogP contribution < -0.4 is 15.8 Å². The highest BCUT2D eigenvalue weighted by molar-refractivity contribution is 5.94. The number of carbonyl (C=O) groups is 2. The van der Waals surface area contributed by atoms with Crippen LogP contribution in [0.4, 0.5) is 5.69 Å². The van der Waals surface area contributed by atoms with E-state index in [1.165, 1.54) is 5.56 Å². The van der Waals surface area contributed by atoms with Crippen LogP contribution in [0.3, 0.4) is 0 Å². The fourth-order valence-corrected chi connectivity index (χ4v) is 3.52. The lowest BCUT2D eigenvalue weighted by Crippen LogP contribution is -2.47. The first-order valence-electron chi connectivity index (χ1n) is 10.3. The normalized spacial score (nSPS) is 15.0. The molecular formula is C23H30N4O3. The summed E-state index contributed by atoms with van der Waals surface area (Å²) in [7, 11) is 1.68. The molecule has 0 radical (unpaired) electrons. The Morgan fingerprint density at radius 1 is 0.933 bits per heavy atom. The SMILES string of the molecule is COc1ccc(CCN2CCN(CCC(=O)Nc3ccc(C(N)=O)cc3)CC2)cc1. The summed E-state index contributed by atoms with van der Waals surface area (Å²) in [6.45, 7) is 5.78. The highest BCUT2D eigenvalue weighted by atomic mass is 16.5. The number of rotatable bonds is 9. The fourth-order valence-electron chi connectivity index (χ4n) is 3.52. The van der Waals surface area contributed by atoms with Gasteiger partial charge in [-0.05, 0) is 48.4 Å². The lowest BCUT2D eigenvalue weighted by Gasteiger charge is -2.34. The third kappa shape index (κ3) is 6.57. The number of nitrogens with two attached hydrogens (primary N) is 1. The second-order valence-corrected chi connectivity index (χ2v) is 7.52. The lowest BCUT2D eigenvalue weighted by molar-refractivity contribution is -0.116. The third-order valence-electron chi connectivity index (χ3n) is 5.45. The Morgan fingerprint density at radius 3 is 2.10 bits per heavy atom. The fraction of sp³-hybridized carbons (Fsp3) is 0.391. The van der Waals surface area contributed by atoms with Crippen LogP contribution in [0.25, 0.3) is 0 Å². The van der Waals surface area contributed by atoms with Gasteiger partial charge < -0.3 is 25.6 Å². The Labute approximate surface area is 177 Å². The van der Waals surface area contributed by atoms with Crippen molar-refractivity contribution < 1.29 is 14.3 Å². The minimum atomic E-state index is -0.476. The van der Waals surface area contributed by atoms with Gasteiger partial charge in [-0.15, -0.1) is 0 Å². The van der Waals surface area contributed by atoms with Crippen LogP contribution in [0, 0.1) is 0 Å². The van der Waals surface area contributed by atoms with Crippen molar-refractivity contribution in [2.24, 2.45) is 5.73 Å². The molecule has 160 valence electrons. The van der Waals surface area contributed by atoms with E-state index in [2.05, 4.69) is 27.2 Å². The number of methoxy groups -OCH3 is 1. The molecule has 2 aromatic carbocycles. The first kappa shape index (κ1) is 21.8. The van der Waals surface area contributed by atoms with Crippen molar-refractivity contribution in [3.8, 4) is 5.75 Å². The summed E-state index contributed by atoms with van der Waals surface area (Å²) in [6.07, 6.45) is 1.48. The Kier molecular flexibility index (Phi) is 7.82. The zero-order chi connectivity index (χ0) is 21.3. The van der Waals surface area contributed by atoms with Crippen molar-refractivity contribution in [2.75, 3.05) is 51.7 Å². The van der Waals surface area contributed by atoms with Gasteiger partial charge in [0.2, 0.25) is 11.8 Å². The summed E-state index contributed by atoms with van der Waals surface area (Å²) in [6, 6.07) is 14.9. The Morgan fingerprint density at radius 2 is 1.53 bits per heavy atom. The molecule has 0 bridgehead atoms. The van der Waals surface area contributed by atoms with Crippen molar-refractivity contribution in [1.82, 2.24) is 9.80 Å². The third-order valence-corrected chi connectivity index (χ3v) is 5.45. The Hall–Kier alpha value is -2.90. The van der Waals surface area contributed by atoms with Crippen LogP contribution in [0.15, 0.2) is 48.5 Å². The number of piperazine rings is 1. The van der Waals surface area contributed by atoms with Crippen molar-refractivity contribution in [2.45, 2.75) is 12.8 Å². The summed E-state index contributed by atoms with van der Waals surface area (Å²) in [5.74, 6) is 0.388. The monoisotopic (exact) mass is 410 g/mol. The van der Waals surface area contributed by atoms with Crippen LogP contribution in [0.1, 0.15) is 22.3 Å². The average Bonchev–Trinajstić information content (AvgIpc) is 2.77. The van der Waals surface area contributed by atoms with E-state index in [9.17, 15) is 9.59 Å². The zero-order valence-electron chi connectivity index (χ0n) is 17.5. The van der Waals surface area contributed by atoms with Crippen LogP contribution >= 0.6 is 0 Å². The highest BCUT2D eigenvalue weighted by Crippen LogP contribution is 2.13. The van der Waals surface area contributed by atoms with Crippen LogP contribution in [-0.4, -0.2) is 68.0 Å². The maximum Gasteiger partial charge on any atom is 0.248 e. The van der Waals surface area contributed by atoms with Gasteiger partial charge in [0, 0.05) is 56.9 Å². The van der Waals surface area contributed by atoms with Gasteiger partial charge in [-0.1, -0.05) is 12.1 Å². The summed E-state index contributed by atoms with van der Waals surface area (Å²) in [5, 5.41) is 2.87. The van der Waals surface area contributed by atoms with Crippen molar-refractivity contribution in [1.29, 1.82) is 0 Å². The van der Waals surface area contributed by atoms with E-state index < -0.39 is 5.91 Å². The van der Waals surface area contributed by atoms with Gasteiger partial charge >= 0.3 is 0 Å². The van der Waals surface area contributed by atoms with Gasteiger partial charge in [0.15, 0.2) is 0 Å². The molecule has 0 saturated carbocycles. The van der Waals surface area contributed by atoms with Gasteiger partial charge in [0.05, 0.1) is 7.11 Å². The molecule has 0 spiro atoms. The number of hydrogen-bond acceptors (Lipinski definition) is 5. The molecule has 0 atom stereocenters. The van der Waals surface area contributed by atoms with Crippen LogP contribution in [0.5, 0.6) is 5.75 Å². The molecule has 30 heavy (non-hydrogen) atoms. The predicted octanol–water partition coefficient (Wildman–Crippen LogP) is 1.98. The minimum Gasteiger partial charge on any atom is -0.497 e. The van der Waals surface area contributed by atoms with Crippen molar-refractivity contribution in [3.63, 3.8) is 0 Å². The molecular weight excluding hydrogens is 380 g/mol. The first-order valence-corrected chi connectivity index (χ1v) is 10.3. The van der Waals surface area contributed by atoms with Gasteiger partial charge in [-0.25, -0.2) is 0 Å². The maximum absolute atomic E-state index is 12.2. The highest BCUT2D eigenvalue weighted by Gasteiger charge is 2.17. The molecule has 0 aromatic heterocycles. The number of hydrogen-bond donors (Lipinski definition) is 2. The molecule has 7 heteroatoms. The van der Waals surface area contributed by atoms with Crippen LogP contribution in [0.2, 0.25) is 0 Å². The second-order valence-electron chi connectivity index (χ2n) is 7.52. The molecule has 7 nitrogen and oxygen atoms in total. The Balaban J connectivity index is 1.33. The molecule has 0 aliphatic carbocycles. The van der Waals surface area contributed by atoms with Gasteiger partial charge in [-0.3, -0.25) is 9.59 Å². The largest absolute Gasteiger partial charge is 0.497 e. The zero-order valence-corrected chi connectivity index (χ0v) is 17.5. The van der Waals surface area contributed by atoms with E-state index in [-0.39, 0.29) is 5.91 Å². The summed E-state index contributed by atoms with van der Waals surface area (Å²) >= 11 is 0. The van der Waals surface area contributed by atoms with E-state index in [1.807, 2.05) is 12.1 Å². The molecule has 1 fully saturated rings. The smallest absolute Gasteiger partial charge is 0.248 e. The maximum atomic E-state index is 12.2. The molecule has 2 aromatic rings. The number of primary amides is 1. The van der Waals surface area contributed by atoms with E-state index in [0.29, 0.717) is 17.7 Å². The number of ether oxygens (including phenoxy) is 1. The molecule has 1 aliphatic heterocycles.